The van der Waals surface area contributed by atoms with Gasteiger partial charge in [-0.2, -0.15) is 0 Å². The molecule has 0 aromatic heterocycles. The molecule has 1 aromatic carbocycles. The predicted molar refractivity (Wildman–Crippen MR) is 58.4 cm³/mol. The highest BCUT2D eigenvalue weighted by molar-refractivity contribution is 9.10. The minimum Gasteiger partial charge on any atom is -0.491 e. The number of hydrogen-bond donors (Lipinski definition) is 0. The molecule has 12 heavy (non-hydrogen) atoms. The maximum Gasteiger partial charge on any atom is 0.139 e. The zero-order valence-electron chi connectivity index (χ0n) is 6.19. The van der Waals surface area contributed by atoms with Gasteiger partial charge in [0.1, 0.15) is 5.75 Å². The van der Waals surface area contributed by atoms with Gasteiger partial charge >= 0.3 is 0 Å². The fourth-order valence-corrected chi connectivity index (χ4v) is 1.43. The monoisotopic (exact) mass is 312 g/mol. The largest absolute Gasteiger partial charge is 0.491 e. The van der Waals surface area contributed by atoms with E-state index in [4.69, 9.17) is 16.3 Å². The second-order valence-electron chi connectivity index (χ2n) is 2.09. The maximum atomic E-state index is 5.94. The van der Waals surface area contributed by atoms with Crippen molar-refractivity contribution in [2.45, 2.75) is 0 Å². The molecule has 1 rings (SSSR count). The van der Waals surface area contributed by atoms with Crippen molar-refractivity contribution in [1.82, 2.24) is 0 Å². The topological polar surface area (TPSA) is 9.23 Å². The second-order valence-corrected chi connectivity index (χ2v) is 4.11. The van der Waals surface area contributed by atoms with Gasteiger partial charge in [0.2, 0.25) is 0 Å². The average molecular weight is 314 g/mol. The third-order valence-corrected chi connectivity index (χ3v) is 2.85. The van der Waals surface area contributed by atoms with Crippen LogP contribution in [0.4, 0.5) is 0 Å². The summed E-state index contributed by atoms with van der Waals surface area (Å²) >= 11 is 12.5. The van der Waals surface area contributed by atoms with Crippen LogP contribution in [0.25, 0.3) is 0 Å². The van der Waals surface area contributed by atoms with Crippen LogP contribution >= 0.6 is 43.5 Å². The molecule has 0 atom stereocenters. The van der Waals surface area contributed by atoms with Gasteiger partial charge in [0.05, 0.1) is 11.6 Å². The van der Waals surface area contributed by atoms with Gasteiger partial charge in [0.15, 0.2) is 0 Å². The lowest BCUT2D eigenvalue weighted by Crippen LogP contribution is -1.98. The fraction of sp³-hybridized carbons (Fsp3) is 0.250. The van der Waals surface area contributed by atoms with Crippen LogP contribution in [0.3, 0.4) is 0 Å². The minimum absolute atomic E-state index is 0.621. The zero-order chi connectivity index (χ0) is 8.97. The van der Waals surface area contributed by atoms with E-state index in [1.807, 2.05) is 18.2 Å². The molecule has 1 aromatic rings. The molecule has 0 radical (unpaired) electrons. The average Bonchev–Trinajstić information content (AvgIpc) is 2.08. The Kier molecular flexibility index (Phi) is 4.40. The molecule has 0 heterocycles. The summed E-state index contributed by atoms with van der Waals surface area (Å²) in [4.78, 5) is 0. The van der Waals surface area contributed by atoms with E-state index < -0.39 is 0 Å². The summed E-state index contributed by atoms with van der Waals surface area (Å²) in [7, 11) is 0. The van der Waals surface area contributed by atoms with Gasteiger partial charge < -0.3 is 4.74 Å². The van der Waals surface area contributed by atoms with E-state index in [-0.39, 0.29) is 0 Å². The standard InChI is InChI=1S/C8H7Br2ClO/c9-4-5-12-7-3-1-2-6(10)8(7)11/h1-3H,4-5H2. The lowest BCUT2D eigenvalue weighted by molar-refractivity contribution is 0.345. The molecule has 0 aliphatic heterocycles. The number of hydrogen-bond acceptors (Lipinski definition) is 1. The summed E-state index contributed by atoms with van der Waals surface area (Å²) < 4.78 is 6.22. The third-order valence-electron chi connectivity index (χ3n) is 1.25. The zero-order valence-corrected chi connectivity index (χ0v) is 10.1. The van der Waals surface area contributed by atoms with E-state index in [0.717, 1.165) is 9.80 Å². The van der Waals surface area contributed by atoms with Gasteiger partial charge in [-0.05, 0) is 28.1 Å². The Bertz CT molecular complexity index is 265. The van der Waals surface area contributed by atoms with Crippen LogP contribution in [0.2, 0.25) is 5.02 Å². The quantitative estimate of drug-likeness (QED) is 0.770. The summed E-state index contributed by atoms with van der Waals surface area (Å²) in [6.45, 7) is 0.621. The van der Waals surface area contributed by atoms with Crippen LogP contribution < -0.4 is 4.74 Å². The van der Waals surface area contributed by atoms with Crippen molar-refractivity contribution in [3.05, 3.63) is 27.7 Å². The smallest absolute Gasteiger partial charge is 0.139 e. The van der Waals surface area contributed by atoms with Gasteiger partial charge in [-0.1, -0.05) is 33.6 Å². The van der Waals surface area contributed by atoms with Gasteiger partial charge in [-0.25, -0.2) is 0 Å². The Hall–Kier alpha value is 0.270. The fourth-order valence-electron chi connectivity index (χ4n) is 0.744. The van der Waals surface area contributed by atoms with Crippen LogP contribution in [0.15, 0.2) is 22.7 Å². The van der Waals surface area contributed by atoms with Crippen molar-refractivity contribution in [3.63, 3.8) is 0 Å². The van der Waals surface area contributed by atoms with E-state index in [2.05, 4.69) is 31.9 Å². The molecule has 0 saturated carbocycles. The second kappa shape index (κ2) is 5.10. The molecule has 0 aliphatic carbocycles. The minimum atomic E-state index is 0.621. The van der Waals surface area contributed by atoms with Crippen LogP contribution in [-0.2, 0) is 0 Å². The summed E-state index contributed by atoms with van der Waals surface area (Å²) in [5, 5.41) is 1.42. The summed E-state index contributed by atoms with van der Waals surface area (Å²) in [6, 6.07) is 5.61. The van der Waals surface area contributed by atoms with Crippen LogP contribution in [0.1, 0.15) is 0 Å². The highest BCUT2D eigenvalue weighted by Crippen LogP contribution is 2.31. The number of ether oxygens (including phenoxy) is 1. The van der Waals surface area contributed by atoms with Gasteiger partial charge in [-0.3, -0.25) is 0 Å². The van der Waals surface area contributed by atoms with E-state index in [0.29, 0.717) is 17.4 Å². The molecule has 1 nitrogen and oxygen atoms in total. The summed E-state index contributed by atoms with van der Waals surface area (Å²) in [5.74, 6) is 0.713. The van der Waals surface area contributed by atoms with Crippen LogP contribution in [0, 0.1) is 0 Å². The molecule has 4 heteroatoms. The molecule has 0 aliphatic rings. The SMILES string of the molecule is Clc1c(Br)cccc1OCCBr. The van der Waals surface area contributed by atoms with Gasteiger partial charge in [0, 0.05) is 9.80 Å². The highest BCUT2D eigenvalue weighted by Gasteiger charge is 2.03. The highest BCUT2D eigenvalue weighted by atomic mass is 79.9. The van der Waals surface area contributed by atoms with Crippen molar-refractivity contribution in [2.24, 2.45) is 0 Å². The van der Waals surface area contributed by atoms with Crippen molar-refractivity contribution in [3.8, 4) is 5.75 Å². The number of benzene rings is 1. The van der Waals surface area contributed by atoms with Gasteiger partial charge in [0.25, 0.3) is 0 Å². The van der Waals surface area contributed by atoms with Crippen molar-refractivity contribution in [1.29, 1.82) is 0 Å². The first-order valence-corrected chi connectivity index (χ1v) is 5.67. The first kappa shape index (κ1) is 10.4. The Morgan fingerprint density at radius 1 is 1.42 bits per heavy atom. The Labute approximate surface area is 93.3 Å². The molecular formula is C8H7Br2ClO. The molecule has 0 bridgehead atoms. The van der Waals surface area contributed by atoms with E-state index >= 15 is 0 Å². The molecule has 0 saturated heterocycles. The Morgan fingerprint density at radius 2 is 2.17 bits per heavy atom. The lowest BCUT2D eigenvalue weighted by atomic mass is 10.3. The van der Waals surface area contributed by atoms with E-state index in [9.17, 15) is 0 Å². The summed E-state index contributed by atoms with van der Waals surface area (Å²) in [5.41, 5.74) is 0. The number of rotatable bonds is 3. The molecule has 0 spiro atoms. The first-order valence-electron chi connectivity index (χ1n) is 3.38. The number of alkyl halides is 1. The summed E-state index contributed by atoms with van der Waals surface area (Å²) in [6.07, 6.45) is 0. The molecule has 0 N–H and O–H groups in total. The van der Waals surface area contributed by atoms with Crippen LogP contribution in [0.5, 0.6) is 5.75 Å². The molecule has 66 valence electrons. The van der Waals surface area contributed by atoms with E-state index in [1.54, 1.807) is 0 Å². The van der Waals surface area contributed by atoms with Crippen molar-refractivity contribution < 1.29 is 4.74 Å². The third kappa shape index (κ3) is 2.64. The Balaban J connectivity index is 2.78. The van der Waals surface area contributed by atoms with E-state index in [1.165, 1.54) is 0 Å². The van der Waals surface area contributed by atoms with Gasteiger partial charge in [-0.15, -0.1) is 0 Å². The molecule has 0 amide bonds. The van der Waals surface area contributed by atoms with Crippen molar-refractivity contribution >= 4 is 43.5 Å². The molecular weight excluding hydrogens is 307 g/mol. The molecule has 0 unspecified atom stereocenters. The number of halogens is 3. The maximum absolute atomic E-state index is 5.94. The van der Waals surface area contributed by atoms with Crippen molar-refractivity contribution in [2.75, 3.05) is 11.9 Å². The lowest BCUT2D eigenvalue weighted by Gasteiger charge is -2.06. The molecule has 0 fully saturated rings. The predicted octanol–water partition coefficient (Wildman–Crippen LogP) is 3.88. The Morgan fingerprint density at radius 3 is 2.83 bits per heavy atom. The van der Waals surface area contributed by atoms with Crippen LogP contribution in [-0.4, -0.2) is 11.9 Å². The normalized spacial score (nSPS) is 9.92. The first-order chi connectivity index (χ1) is 5.75.